The first-order valence-corrected chi connectivity index (χ1v) is 8.85. The van der Waals surface area contributed by atoms with Crippen LogP contribution in [-0.4, -0.2) is 29.4 Å². The summed E-state index contributed by atoms with van der Waals surface area (Å²) in [5.74, 6) is -0.217. The average molecular weight is 363 g/mol. The fourth-order valence-corrected chi connectivity index (χ4v) is 3.60. The highest BCUT2D eigenvalue weighted by molar-refractivity contribution is 6.00. The van der Waals surface area contributed by atoms with Crippen molar-refractivity contribution >= 4 is 10.8 Å². The first kappa shape index (κ1) is 17.0. The van der Waals surface area contributed by atoms with Crippen LogP contribution in [0.4, 0.5) is 0 Å². The Morgan fingerprint density at radius 1 is 1.00 bits per heavy atom. The summed E-state index contributed by atoms with van der Waals surface area (Å²) in [6.07, 6.45) is 6.09. The maximum atomic E-state index is 10.6. The lowest BCUT2D eigenvalue weighted by Gasteiger charge is -2.15. The predicted octanol–water partition coefficient (Wildman–Crippen LogP) is 4.02. The number of aryl methyl sites for hydroxylation is 1. The normalized spacial score (nSPS) is 11.3. The molecule has 138 valence electrons. The van der Waals surface area contributed by atoms with E-state index in [-0.39, 0.29) is 17.4 Å². The molecule has 3 N–H and O–H groups in total. The van der Waals surface area contributed by atoms with Crippen molar-refractivity contribution in [1.82, 2.24) is 14.1 Å². The van der Waals surface area contributed by atoms with Gasteiger partial charge in [0.05, 0.1) is 12.0 Å². The standard InChI is InChI=1S/C21H21N3O3/c1-14-19(18-16-6-3-2-5-15(16)7-8-17(18)25)24(21(27)20(14)26)11-4-10-23-12-9-22-13-23/h2-3,5-9,12-13,25-27H,4,10-11H2,1H3. The number of hydrogen-bond acceptors (Lipinski definition) is 4. The van der Waals surface area contributed by atoms with Crippen molar-refractivity contribution in [2.24, 2.45) is 0 Å². The van der Waals surface area contributed by atoms with E-state index in [0.29, 0.717) is 23.4 Å². The van der Waals surface area contributed by atoms with Gasteiger partial charge in [0.2, 0.25) is 5.88 Å². The van der Waals surface area contributed by atoms with Crippen LogP contribution in [0.5, 0.6) is 17.4 Å². The third kappa shape index (κ3) is 2.89. The molecule has 6 heteroatoms. The first-order valence-electron chi connectivity index (χ1n) is 8.85. The number of benzene rings is 2. The minimum absolute atomic E-state index is 0.116. The Kier molecular flexibility index (Phi) is 4.24. The number of phenols is 1. The molecule has 0 saturated heterocycles. The van der Waals surface area contributed by atoms with E-state index in [0.717, 1.165) is 23.7 Å². The highest BCUT2D eigenvalue weighted by atomic mass is 16.3. The molecule has 0 aliphatic heterocycles. The maximum Gasteiger partial charge on any atom is 0.235 e. The molecule has 2 heterocycles. The summed E-state index contributed by atoms with van der Waals surface area (Å²) >= 11 is 0. The molecule has 0 radical (unpaired) electrons. The zero-order chi connectivity index (χ0) is 19.0. The maximum absolute atomic E-state index is 10.6. The molecule has 0 saturated carbocycles. The van der Waals surface area contributed by atoms with E-state index in [1.807, 2.05) is 41.1 Å². The Morgan fingerprint density at radius 2 is 1.81 bits per heavy atom. The smallest absolute Gasteiger partial charge is 0.235 e. The van der Waals surface area contributed by atoms with Crippen molar-refractivity contribution in [1.29, 1.82) is 0 Å². The molecular weight excluding hydrogens is 342 g/mol. The van der Waals surface area contributed by atoms with E-state index < -0.39 is 0 Å². The van der Waals surface area contributed by atoms with Gasteiger partial charge in [-0.3, -0.25) is 0 Å². The van der Waals surface area contributed by atoms with Crippen LogP contribution in [-0.2, 0) is 13.1 Å². The predicted molar refractivity (Wildman–Crippen MR) is 104 cm³/mol. The molecule has 4 aromatic rings. The number of rotatable bonds is 5. The Hall–Kier alpha value is -3.41. The summed E-state index contributed by atoms with van der Waals surface area (Å²) in [7, 11) is 0. The summed E-state index contributed by atoms with van der Waals surface area (Å²) < 4.78 is 3.63. The molecule has 0 atom stereocenters. The van der Waals surface area contributed by atoms with Gasteiger partial charge in [-0.15, -0.1) is 0 Å². The summed E-state index contributed by atoms with van der Waals surface area (Å²) in [5, 5.41) is 33.3. The molecule has 0 unspecified atom stereocenters. The number of phenolic OH excluding ortho intramolecular Hbond substituents is 1. The fraction of sp³-hybridized carbons (Fsp3) is 0.190. The molecule has 2 aromatic heterocycles. The second-order valence-corrected chi connectivity index (χ2v) is 6.63. The van der Waals surface area contributed by atoms with Gasteiger partial charge < -0.3 is 24.5 Å². The van der Waals surface area contributed by atoms with Gasteiger partial charge in [0.1, 0.15) is 5.75 Å². The molecule has 0 bridgehead atoms. The van der Waals surface area contributed by atoms with Crippen LogP contribution in [0.15, 0.2) is 55.1 Å². The van der Waals surface area contributed by atoms with Crippen LogP contribution >= 0.6 is 0 Å². The number of nitrogens with zero attached hydrogens (tertiary/aromatic N) is 3. The number of aromatic hydroxyl groups is 3. The molecular formula is C21H21N3O3. The second-order valence-electron chi connectivity index (χ2n) is 6.63. The van der Waals surface area contributed by atoms with Crippen LogP contribution in [0, 0.1) is 6.92 Å². The summed E-state index contributed by atoms with van der Waals surface area (Å²) in [6.45, 7) is 2.97. The molecule has 4 rings (SSSR count). The highest BCUT2D eigenvalue weighted by Gasteiger charge is 2.23. The first-order chi connectivity index (χ1) is 13.1. The third-order valence-corrected chi connectivity index (χ3v) is 4.95. The molecule has 0 aliphatic carbocycles. The number of fused-ring (bicyclic) bond motifs is 1. The summed E-state index contributed by atoms with van der Waals surface area (Å²) in [4.78, 5) is 4.03. The van der Waals surface area contributed by atoms with Gasteiger partial charge in [0, 0.05) is 36.6 Å². The Labute approximate surface area is 156 Å². The summed E-state index contributed by atoms with van der Waals surface area (Å²) in [6, 6.07) is 11.3. The lowest BCUT2D eigenvalue weighted by Crippen LogP contribution is -2.05. The van der Waals surface area contributed by atoms with Gasteiger partial charge >= 0.3 is 0 Å². The Bertz CT molecular complexity index is 1100. The van der Waals surface area contributed by atoms with Crippen molar-refractivity contribution < 1.29 is 15.3 Å². The van der Waals surface area contributed by atoms with Gasteiger partial charge in [0.25, 0.3) is 0 Å². The van der Waals surface area contributed by atoms with Crippen LogP contribution in [0.25, 0.3) is 22.0 Å². The highest BCUT2D eigenvalue weighted by Crippen LogP contribution is 2.45. The second kappa shape index (κ2) is 6.72. The molecule has 0 fully saturated rings. The quantitative estimate of drug-likeness (QED) is 0.500. The Balaban J connectivity index is 1.81. The van der Waals surface area contributed by atoms with Crippen molar-refractivity contribution in [3.05, 3.63) is 60.7 Å². The Morgan fingerprint density at radius 3 is 2.59 bits per heavy atom. The van der Waals surface area contributed by atoms with Crippen molar-refractivity contribution in [2.75, 3.05) is 0 Å². The van der Waals surface area contributed by atoms with Crippen LogP contribution in [0.3, 0.4) is 0 Å². The molecule has 0 aliphatic rings. The van der Waals surface area contributed by atoms with Crippen LogP contribution in [0.1, 0.15) is 12.0 Å². The molecule has 27 heavy (non-hydrogen) atoms. The van der Waals surface area contributed by atoms with Gasteiger partial charge in [-0.25, -0.2) is 4.98 Å². The van der Waals surface area contributed by atoms with E-state index in [4.69, 9.17) is 0 Å². The average Bonchev–Trinajstić information content (AvgIpc) is 3.26. The topological polar surface area (TPSA) is 83.4 Å². The zero-order valence-electron chi connectivity index (χ0n) is 15.0. The van der Waals surface area contributed by atoms with Gasteiger partial charge in [-0.05, 0) is 30.2 Å². The van der Waals surface area contributed by atoms with E-state index in [9.17, 15) is 15.3 Å². The fourth-order valence-electron chi connectivity index (χ4n) is 3.60. The van der Waals surface area contributed by atoms with Crippen molar-refractivity contribution in [3.8, 4) is 28.6 Å². The van der Waals surface area contributed by atoms with Crippen LogP contribution < -0.4 is 0 Å². The monoisotopic (exact) mass is 363 g/mol. The molecule has 6 nitrogen and oxygen atoms in total. The third-order valence-electron chi connectivity index (χ3n) is 4.95. The zero-order valence-corrected chi connectivity index (χ0v) is 15.0. The van der Waals surface area contributed by atoms with E-state index >= 15 is 0 Å². The van der Waals surface area contributed by atoms with Crippen molar-refractivity contribution in [2.45, 2.75) is 26.4 Å². The largest absolute Gasteiger partial charge is 0.507 e. The minimum atomic E-state index is -0.180. The van der Waals surface area contributed by atoms with E-state index in [2.05, 4.69) is 4.98 Å². The molecule has 2 aromatic carbocycles. The molecule has 0 spiro atoms. The number of hydrogen-bond donors (Lipinski definition) is 3. The van der Waals surface area contributed by atoms with E-state index in [1.165, 1.54) is 0 Å². The van der Waals surface area contributed by atoms with Gasteiger partial charge in [-0.1, -0.05) is 30.3 Å². The van der Waals surface area contributed by atoms with Crippen LogP contribution in [0.2, 0.25) is 0 Å². The number of imidazole rings is 1. The van der Waals surface area contributed by atoms with Gasteiger partial charge in [-0.2, -0.15) is 0 Å². The lowest BCUT2D eigenvalue weighted by molar-refractivity contribution is 0.367. The SMILES string of the molecule is Cc1c(O)c(O)n(CCCn2ccnc2)c1-c1c(O)ccc2ccccc12. The van der Waals surface area contributed by atoms with Gasteiger partial charge in [0.15, 0.2) is 5.75 Å². The lowest BCUT2D eigenvalue weighted by atomic mass is 9.99. The van der Waals surface area contributed by atoms with Crippen molar-refractivity contribution in [3.63, 3.8) is 0 Å². The van der Waals surface area contributed by atoms with E-state index in [1.54, 1.807) is 30.1 Å². The minimum Gasteiger partial charge on any atom is -0.507 e. The number of aromatic nitrogens is 3. The summed E-state index contributed by atoms with van der Waals surface area (Å²) in [5.41, 5.74) is 1.79. The molecule has 0 amide bonds.